The van der Waals surface area contributed by atoms with Crippen molar-refractivity contribution in [2.24, 2.45) is 7.05 Å². The fraction of sp³-hybridized carbons (Fsp3) is 0.364. The Labute approximate surface area is 173 Å². The van der Waals surface area contributed by atoms with Crippen LogP contribution in [0.5, 0.6) is 0 Å². The van der Waals surface area contributed by atoms with Gasteiger partial charge in [0.25, 0.3) is 17.6 Å². The van der Waals surface area contributed by atoms with Crippen molar-refractivity contribution in [2.75, 3.05) is 5.32 Å². The highest BCUT2D eigenvalue weighted by atomic mass is 19.1. The summed E-state index contributed by atoms with van der Waals surface area (Å²) in [6.45, 7) is 4.86. The predicted molar refractivity (Wildman–Crippen MR) is 109 cm³/mol. The van der Waals surface area contributed by atoms with E-state index in [4.69, 9.17) is 0 Å². The van der Waals surface area contributed by atoms with Crippen LogP contribution >= 0.6 is 0 Å². The van der Waals surface area contributed by atoms with Gasteiger partial charge in [-0.2, -0.15) is 0 Å². The van der Waals surface area contributed by atoms with E-state index < -0.39 is 23.6 Å². The normalized spacial score (nSPS) is 15.9. The number of Topliss-reactive ketones (excluding diaryl/α,β-unsaturated/α-hetero) is 2. The highest BCUT2D eigenvalue weighted by molar-refractivity contribution is 6.43. The van der Waals surface area contributed by atoms with Crippen molar-refractivity contribution in [1.29, 1.82) is 0 Å². The van der Waals surface area contributed by atoms with Crippen LogP contribution in [0.1, 0.15) is 56.9 Å². The molecule has 0 radical (unpaired) electrons. The van der Waals surface area contributed by atoms with Crippen LogP contribution in [0.2, 0.25) is 0 Å². The van der Waals surface area contributed by atoms with E-state index in [0.717, 1.165) is 0 Å². The third kappa shape index (κ3) is 3.90. The topological polar surface area (TPSA) is 97.3 Å². The molecule has 1 aliphatic rings. The molecule has 1 aromatic carbocycles. The molecule has 158 valence electrons. The van der Waals surface area contributed by atoms with Crippen molar-refractivity contribution < 1.29 is 23.6 Å². The maximum atomic E-state index is 13.5. The summed E-state index contributed by atoms with van der Waals surface area (Å²) in [5.74, 6) is -2.57. The van der Waals surface area contributed by atoms with Crippen molar-refractivity contribution in [3.05, 3.63) is 52.1 Å². The standard InChI is InChI=1S/C22H24FN3O4/c1-11-10-14(8-9-15(11)23)24-21(29)18-12(2)19(26(4)13(18)3)20(28)22(30)25-16-6-5-7-17(16)27/h8-10,16H,5-7H2,1-4H3,(H,24,29)(H,25,30)/t16-/m1/s1. The van der Waals surface area contributed by atoms with Crippen LogP contribution in [-0.4, -0.2) is 34.0 Å². The van der Waals surface area contributed by atoms with Gasteiger partial charge in [0.1, 0.15) is 5.82 Å². The minimum absolute atomic E-state index is 0.0782. The summed E-state index contributed by atoms with van der Waals surface area (Å²) in [6.07, 6.45) is 1.61. The molecule has 2 aromatic rings. The first-order chi connectivity index (χ1) is 14.1. The molecule has 1 saturated carbocycles. The lowest BCUT2D eigenvalue weighted by molar-refractivity contribution is -0.124. The number of hydrogen-bond acceptors (Lipinski definition) is 4. The molecule has 0 saturated heterocycles. The molecular weight excluding hydrogens is 389 g/mol. The maximum Gasteiger partial charge on any atom is 0.294 e. The number of carbonyl (C=O) groups is 4. The van der Waals surface area contributed by atoms with E-state index in [9.17, 15) is 23.6 Å². The second-order valence-corrected chi connectivity index (χ2v) is 7.62. The minimum atomic E-state index is -0.861. The second-order valence-electron chi connectivity index (χ2n) is 7.62. The largest absolute Gasteiger partial charge is 0.344 e. The van der Waals surface area contributed by atoms with Gasteiger partial charge in [-0.1, -0.05) is 0 Å². The average Bonchev–Trinajstić information content (AvgIpc) is 3.18. The number of amides is 2. The number of nitrogens with zero attached hydrogens (tertiary/aromatic N) is 1. The fourth-order valence-corrected chi connectivity index (χ4v) is 3.85. The molecule has 30 heavy (non-hydrogen) atoms. The first-order valence-electron chi connectivity index (χ1n) is 9.73. The molecule has 8 heteroatoms. The SMILES string of the molecule is Cc1cc(NC(=O)c2c(C)c(C(=O)C(=O)N[C@@H]3CCCC3=O)n(C)c2C)ccc1F. The Balaban J connectivity index is 1.85. The predicted octanol–water partition coefficient (Wildman–Crippen LogP) is 2.76. The number of halogens is 1. The van der Waals surface area contributed by atoms with Crippen molar-refractivity contribution in [2.45, 2.75) is 46.1 Å². The van der Waals surface area contributed by atoms with Gasteiger partial charge in [-0.3, -0.25) is 19.2 Å². The van der Waals surface area contributed by atoms with E-state index in [1.165, 1.54) is 22.8 Å². The molecule has 1 atom stereocenters. The van der Waals surface area contributed by atoms with Crippen LogP contribution in [0.15, 0.2) is 18.2 Å². The maximum absolute atomic E-state index is 13.5. The Bertz CT molecular complexity index is 1070. The summed E-state index contributed by atoms with van der Waals surface area (Å²) in [6, 6.07) is 3.59. The molecule has 0 spiro atoms. The van der Waals surface area contributed by atoms with E-state index in [0.29, 0.717) is 41.8 Å². The van der Waals surface area contributed by atoms with Crippen LogP contribution in [0, 0.1) is 26.6 Å². The van der Waals surface area contributed by atoms with Gasteiger partial charge in [0, 0.05) is 24.8 Å². The van der Waals surface area contributed by atoms with Crippen molar-refractivity contribution in [3.63, 3.8) is 0 Å². The van der Waals surface area contributed by atoms with Gasteiger partial charge in [-0.05, 0) is 62.9 Å². The summed E-state index contributed by atoms with van der Waals surface area (Å²) in [5.41, 5.74) is 2.06. The summed E-state index contributed by atoms with van der Waals surface area (Å²) in [5, 5.41) is 5.21. The summed E-state index contributed by atoms with van der Waals surface area (Å²) >= 11 is 0. The number of aromatic nitrogens is 1. The molecule has 0 aliphatic heterocycles. The van der Waals surface area contributed by atoms with E-state index in [-0.39, 0.29) is 22.9 Å². The molecule has 1 heterocycles. The molecule has 2 amide bonds. The van der Waals surface area contributed by atoms with Gasteiger partial charge in [-0.15, -0.1) is 0 Å². The number of nitrogens with one attached hydrogen (secondary N) is 2. The molecule has 2 N–H and O–H groups in total. The van der Waals surface area contributed by atoms with Gasteiger partial charge in [0.2, 0.25) is 0 Å². The first kappa shape index (κ1) is 21.4. The Hall–Kier alpha value is -3.29. The van der Waals surface area contributed by atoms with Gasteiger partial charge < -0.3 is 15.2 Å². The number of benzene rings is 1. The highest BCUT2D eigenvalue weighted by Crippen LogP contribution is 2.24. The fourth-order valence-electron chi connectivity index (χ4n) is 3.85. The number of ketones is 2. The Morgan fingerprint density at radius 1 is 1.17 bits per heavy atom. The molecule has 1 fully saturated rings. The first-order valence-corrected chi connectivity index (χ1v) is 9.73. The molecule has 1 aromatic heterocycles. The van der Waals surface area contributed by atoms with E-state index in [2.05, 4.69) is 10.6 Å². The van der Waals surface area contributed by atoms with Crippen LogP contribution in [0.3, 0.4) is 0 Å². The zero-order valence-corrected chi connectivity index (χ0v) is 17.4. The number of carbonyl (C=O) groups excluding carboxylic acids is 4. The average molecular weight is 413 g/mol. The Morgan fingerprint density at radius 3 is 2.47 bits per heavy atom. The van der Waals surface area contributed by atoms with Crippen LogP contribution < -0.4 is 10.6 Å². The third-order valence-corrected chi connectivity index (χ3v) is 5.60. The third-order valence-electron chi connectivity index (χ3n) is 5.60. The lowest BCUT2D eigenvalue weighted by Crippen LogP contribution is -2.42. The van der Waals surface area contributed by atoms with E-state index in [1.807, 2.05) is 0 Å². The zero-order chi connectivity index (χ0) is 22.2. The van der Waals surface area contributed by atoms with E-state index >= 15 is 0 Å². The van der Waals surface area contributed by atoms with Gasteiger partial charge in [-0.25, -0.2) is 4.39 Å². The van der Waals surface area contributed by atoms with Crippen molar-refractivity contribution in [3.8, 4) is 0 Å². The summed E-state index contributed by atoms with van der Waals surface area (Å²) in [4.78, 5) is 49.8. The molecule has 0 bridgehead atoms. The number of hydrogen-bond donors (Lipinski definition) is 2. The lowest BCUT2D eigenvalue weighted by atomic mass is 10.1. The molecular formula is C22H24FN3O4. The molecule has 3 rings (SSSR count). The molecule has 1 aliphatic carbocycles. The lowest BCUT2D eigenvalue weighted by Gasteiger charge is -2.11. The number of aryl methyl sites for hydroxylation is 1. The zero-order valence-electron chi connectivity index (χ0n) is 17.4. The van der Waals surface area contributed by atoms with Gasteiger partial charge >= 0.3 is 0 Å². The van der Waals surface area contributed by atoms with Crippen LogP contribution in [0.25, 0.3) is 0 Å². The van der Waals surface area contributed by atoms with Crippen molar-refractivity contribution >= 4 is 29.1 Å². The molecule has 7 nitrogen and oxygen atoms in total. The Morgan fingerprint density at radius 2 is 1.87 bits per heavy atom. The second kappa shape index (κ2) is 8.22. The van der Waals surface area contributed by atoms with Gasteiger partial charge in [0.15, 0.2) is 5.78 Å². The van der Waals surface area contributed by atoms with Crippen molar-refractivity contribution in [1.82, 2.24) is 9.88 Å². The summed E-state index contributed by atoms with van der Waals surface area (Å²) < 4.78 is 15.0. The number of anilines is 1. The smallest absolute Gasteiger partial charge is 0.294 e. The minimum Gasteiger partial charge on any atom is -0.344 e. The Kier molecular flexibility index (Phi) is 5.87. The van der Waals surface area contributed by atoms with Crippen LogP contribution in [-0.2, 0) is 16.6 Å². The number of rotatable bonds is 5. The summed E-state index contributed by atoms with van der Waals surface area (Å²) in [7, 11) is 1.60. The van der Waals surface area contributed by atoms with E-state index in [1.54, 1.807) is 27.8 Å². The van der Waals surface area contributed by atoms with Gasteiger partial charge in [0.05, 0.1) is 17.3 Å². The van der Waals surface area contributed by atoms with Crippen LogP contribution in [0.4, 0.5) is 10.1 Å². The highest BCUT2D eigenvalue weighted by Gasteiger charge is 2.32. The quantitative estimate of drug-likeness (QED) is 0.582. The molecule has 0 unspecified atom stereocenters. The monoisotopic (exact) mass is 413 g/mol.